The molecule has 1 aromatic carbocycles. The Hall–Kier alpha value is -2.90. The molecule has 120 valence electrons. The summed E-state index contributed by atoms with van der Waals surface area (Å²) < 4.78 is 5.29. The number of nitrogens with zero attached hydrogens (tertiary/aromatic N) is 4. The van der Waals surface area contributed by atoms with Gasteiger partial charge in [-0.3, -0.25) is 0 Å². The number of likely N-dealkylation sites (tertiary alicyclic amines) is 1. The van der Waals surface area contributed by atoms with Crippen LogP contribution in [0, 0.1) is 0 Å². The van der Waals surface area contributed by atoms with Gasteiger partial charge in [-0.2, -0.15) is 4.98 Å². The molecule has 0 saturated carbocycles. The first-order valence-electron chi connectivity index (χ1n) is 7.19. The van der Waals surface area contributed by atoms with Gasteiger partial charge in [-0.15, -0.1) is 0 Å². The van der Waals surface area contributed by atoms with Crippen LogP contribution >= 0.6 is 0 Å². The number of oxime groups is 1. The third kappa shape index (κ3) is 3.01. The molecule has 0 spiro atoms. The molecule has 1 atom stereocenters. The number of rotatable bonds is 3. The van der Waals surface area contributed by atoms with Crippen molar-refractivity contribution in [3.63, 3.8) is 0 Å². The number of benzene rings is 1. The standard InChI is InChI=1S/C15H16N4O4/c1-9(17-22)10-2-4-11(5-3-10)13-16-14(23-18-13)12-6-7-19(8-12)15(20)21/h2-5,12,22H,6-8H2,1H3,(H,20,21). The number of hydrogen-bond donors (Lipinski definition) is 2. The van der Waals surface area contributed by atoms with Gasteiger partial charge < -0.3 is 19.7 Å². The molecule has 8 heteroatoms. The molecular formula is C15H16N4O4. The summed E-state index contributed by atoms with van der Waals surface area (Å²) in [7, 11) is 0. The summed E-state index contributed by atoms with van der Waals surface area (Å²) in [4.78, 5) is 16.7. The van der Waals surface area contributed by atoms with Crippen LogP contribution in [-0.4, -0.2) is 50.2 Å². The van der Waals surface area contributed by atoms with Gasteiger partial charge in [0.05, 0.1) is 11.6 Å². The zero-order valence-electron chi connectivity index (χ0n) is 12.5. The van der Waals surface area contributed by atoms with E-state index >= 15 is 0 Å². The topological polar surface area (TPSA) is 112 Å². The zero-order chi connectivity index (χ0) is 16.4. The maximum atomic E-state index is 10.9. The van der Waals surface area contributed by atoms with Crippen LogP contribution in [0.4, 0.5) is 4.79 Å². The first-order chi connectivity index (χ1) is 11.1. The van der Waals surface area contributed by atoms with Gasteiger partial charge in [-0.05, 0) is 18.9 Å². The van der Waals surface area contributed by atoms with Crippen LogP contribution in [0.1, 0.15) is 30.7 Å². The summed E-state index contributed by atoms with van der Waals surface area (Å²) in [5.41, 5.74) is 2.10. The third-order valence-electron chi connectivity index (χ3n) is 3.96. The number of carboxylic acid groups (broad SMARTS) is 1. The second kappa shape index (κ2) is 6.07. The molecule has 23 heavy (non-hydrogen) atoms. The van der Waals surface area contributed by atoms with E-state index < -0.39 is 6.09 Å². The van der Waals surface area contributed by atoms with Crippen molar-refractivity contribution in [2.24, 2.45) is 5.16 Å². The Kier molecular flexibility index (Phi) is 3.96. The molecule has 1 unspecified atom stereocenters. The molecule has 1 saturated heterocycles. The maximum absolute atomic E-state index is 10.9. The molecule has 1 aliphatic rings. The summed E-state index contributed by atoms with van der Waals surface area (Å²) in [5.74, 6) is 0.857. The molecule has 1 fully saturated rings. The van der Waals surface area contributed by atoms with Gasteiger partial charge in [0.15, 0.2) is 0 Å². The minimum absolute atomic E-state index is 0.0598. The molecule has 0 aliphatic carbocycles. The summed E-state index contributed by atoms with van der Waals surface area (Å²) in [6, 6.07) is 7.25. The monoisotopic (exact) mass is 316 g/mol. The lowest BCUT2D eigenvalue weighted by molar-refractivity contribution is 0.154. The van der Waals surface area contributed by atoms with Crippen molar-refractivity contribution in [2.45, 2.75) is 19.3 Å². The van der Waals surface area contributed by atoms with Gasteiger partial charge >= 0.3 is 6.09 Å². The van der Waals surface area contributed by atoms with Crippen LogP contribution in [0.5, 0.6) is 0 Å². The van der Waals surface area contributed by atoms with E-state index in [0.717, 1.165) is 11.1 Å². The number of hydrogen-bond acceptors (Lipinski definition) is 6. The van der Waals surface area contributed by atoms with E-state index in [2.05, 4.69) is 15.3 Å². The minimum Gasteiger partial charge on any atom is -0.465 e. The zero-order valence-corrected chi connectivity index (χ0v) is 12.5. The van der Waals surface area contributed by atoms with Crippen LogP contribution < -0.4 is 0 Å². The van der Waals surface area contributed by atoms with Gasteiger partial charge in [0.1, 0.15) is 0 Å². The van der Waals surface area contributed by atoms with Crippen LogP contribution in [0.25, 0.3) is 11.4 Å². The fourth-order valence-electron chi connectivity index (χ4n) is 2.57. The van der Waals surface area contributed by atoms with Crippen LogP contribution in [0.2, 0.25) is 0 Å². The highest BCUT2D eigenvalue weighted by Crippen LogP contribution is 2.27. The Bertz CT molecular complexity index is 738. The van der Waals surface area contributed by atoms with E-state index in [1.165, 1.54) is 4.90 Å². The molecule has 0 bridgehead atoms. The highest BCUT2D eigenvalue weighted by molar-refractivity contribution is 5.98. The molecule has 1 aliphatic heterocycles. The Morgan fingerprint density at radius 2 is 2.13 bits per heavy atom. The highest BCUT2D eigenvalue weighted by atomic mass is 16.5. The van der Waals surface area contributed by atoms with Gasteiger partial charge in [0.25, 0.3) is 0 Å². The second-order valence-corrected chi connectivity index (χ2v) is 5.43. The summed E-state index contributed by atoms with van der Waals surface area (Å²) >= 11 is 0. The first-order valence-corrected chi connectivity index (χ1v) is 7.19. The molecule has 2 aromatic rings. The second-order valence-electron chi connectivity index (χ2n) is 5.43. The average molecular weight is 316 g/mol. The summed E-state index contributed by atoms with van der Waals surface area (Å²) in [6.45, 7) is 2.56. The maximum Gasteiger partial charge on any atom is 0.407 e. The van der Waals surface area contributed by atoms with Crippen molar-refractivity contribution < 1.29 is 19.6 Å². The minimum atomic E-state index is -0.927. The molecule has 3 rings (SSSR count). The van der Waals surface area contributed by atoms with Crippen molar-refractivity contribution in [1.82, 2.24) is 15.0 Å². The normalized spacial score (nSPS) is 18.4. The van der Waals surface area contributed by atoms with E-state index in [1.807, 2.05) is 24.3 Å². The van der Waals surface area contributed by atoms with Crippen molar-refractivity contribution in [3.05, 3.63) is 35.7 Å². The highest BCUT2D eigenvalue weighted by Gasteiger charge is 2.31. The molecule has 2 heterocycles. The predicted octanol–water partition coefficient (Wildman–Crippen LogP) is 2.40. The number of amides is 1. The quantitative estimate of drug-likeness (QED) is 0.511. The fraction of sp³-hybridized carbons (Fsp3) is 0.333. The lowest BCUT2D eigenvalue weighted by Gasteiger charge is -2.09. The van der Waals surface area contributed by atoms with E-state index in [4.69, 9.17) is 14.8 Å². The first kappa shape index (κ1) is 15.0. The van der Waals surface area contributed by atoms with Crippen molar-refractivity contribution in [2.75, 3.05) is 13.1 Å². The molecule has 2 N–H and O–H groups in total. The summed E-state index contributed by atoms with van der Waals surface area (Å²) in [5, 5.41) is 24.9. The predicted molar refractivity (Wildman–Crippen MR) is 80.7 cm³/mol. The van der Waals surface area contributed by atoms with Gasteiger partial charge in [-0.25, -0.2) is 4.79 Å². The largest absolute Gasteiger partial charge is 0.465 e. The molecule has 1 aromatic heterocycles. The Labute approximate surface area is 132 Å². The molecule has 1 amide bonds. The molecule has 8 nitrogen and oxygen atoms in total. The lowest BCUT2D eigenvalue weighted by Crippen LogP contribution is -2.26. The van der Waals surface area contributed by atoms with E-state index in [0.29, 0.717) is 36.9 Å². The van der Waals surface area contributed by atoms with Crippen LogP contribution in [0.15, 0.2) is 33.9 Å². The van der Waals surface area contributed by atoms with Gasteiger partial charge in [-0.1, -0.05) is 34.6 Å². The lowest BCUT2D eigenvalue weighted by atomic mass is 10.1. The van der Waals surface area contributed by atoms with Crippen LogP contribution in [0.3, 0.4) is 0 Å². The Morgan fingerprint density at radius 1 is 1.39 bits per heavy atom. The van der Waals surface area contributed by atoms with Crippen molar-refractivity contribution >= 4 is 11.8 Å². The summed E-state index contributed by atoms with van der Waals surface area (Å²) in [6.07, 6.45) is -0.247. The smallest absolute Gasteiger partial charge is 0.407 e. The van der Waals surface area contributed by atoms with E-state index in [9.17, 15) is 4.79 Å². The Balaban J connectivity index is 1.76. The van der Waals surface area contributed by atoms with Crippen molar-refractivity contribution in [1.29, 1.82) is 0 Å². The van der Waals surface area contributed by atoms with Crippen LogP contribution in [-0.2, 0) is 0 Å². The van der Waals surface area contributed by atoms with Gasteiger partial charge in [0.2, 0.25) is 11.7 Å². The third-order valence-corrected chi connectivity index (χ3v) is 3.96. The fourth-order valence-corrected chi connectivity index (χ4v) is 2.57. The van der Waals surface area contributed by atoms with Crippen molar-refractivity contribution in [3.8, 4) is 11.4 Å². The van der Waals surface area contributed by atoms with Gasteiger partial charge in [0, 0.05) is 18.7 Å². The molecular weight excluding hydrogens is 300 g/mol. The Morgan fingerprint density at radius 3 is 2.74 bits per heavy atom. The van der Waals surface area contributed by atoms with E-state index in [-0.39, 0.29) is 5.92 Å². The SMILES string of the molecule is CC(=NO)c1ccc(-c2noc(C3CCN(C(=O)O)C3)n2)cc1. The molecule has 0 radical (unpaired) electrons. The van der Waals surface area contributed by atoms with E-state index in [1.54, 1.807) is 6.92 Å². The number of carbonyl (C=O) groups is 1. The average Bonchev–Trinajstić information content (AvgIpc) is 3.23. The number of aromatic nitrogens is 2.